The highest BCUT2D eigenvalue weighted by atomic mass is 79.9. The molecule has 1 saturated heterocycles. The number of hydrogen-bond donors (Lipinski definition) is 2. The maximum Gasteiger partial charge on any atom is 0.253 e. The van der Waals surface area contributed by atoms with Crippen LogP contribution in [0.3, 0.4) is 0 Å². The van der Waals surface area contributed by atoms with E-state index in [2.05, 4.69) is 31.5 Å². The average Bonchev–Trinajstić information content (AvgIpc) is 2.64. The van der Waals surface area contributed by atoms with Crippen LogP contribution in [0.15, 0.2) is 22.9 Å². The smallest absolute Gasteiger partial charge is 0.253 e. The van der Waals surface area contributed by atoms with Crippen LogP contribution in [-0.2, 0) is 4.79 Å². The SMILES string of the molecule is O=C1CC(NC(=O)c2cncc(Br)c2)CN1. The van der Waals surface area contributed by atoms with Crippen molar-refractivity contribution in [2.75, 3.05) is 6.54 Å². The van der Waals surface area contributed by atoms with Crippen LogP contribution in [0, 0.1) is 0 Å². The molecule has 0 aromatic carbocycles. The van der Waals surface area contributed by atoms with Crippen LogP contribution in [0.25, 0.3) is 0 Å². The number of nitrogens with one attached hydrogen (secondary N) is 2. The van der Waals surface area contributed by atoms with Crippen molar-refractivity contribution in [3.8, 4) is 0 Å². The van der Waals surface area contributed by atoms with Gasteiger partial charge in [0.15, 0.2) is 0 Å². The van der Waals surface area contributed by atoms with E-state index in [4.69, 9.17) is 0 Å². The third-order valence-corrected chi connectivity index (χ3v) is 2.71. The molecule has 1 aliphatic heterocycles. The molecule has 84 valence electrons. The third-order valence-electron chi connectivity index (χ3n) is 2.28. The minimum absolute atomic E-state index is 0.0299. The second-order valence-corrected chi connectivity index (χ2v) is 4.49. The number of hydrogen-bond acceptors (Lipinski definition) is 3. The number of halogens is 1. The van der Waals surface area contributed by atoms with Gasteiger partial charge in [-0.2, -0.15) is 0 Å². The van der Waals surface area contributed by atoms with Gasteiger partial charge in [-0.1, -0.05) is 0 Å². The second-order valence-electron chi connectivity index (χ2n) is 3.57. The van der Waals surface area contributed by atoms with Crippen molar-refractivity contribution in [3.05, 3.63) is 28.5 Å². The summed E-state index contributed by atoms with van der Waals surface area (Å²) in [4.78, 5) is 26.6. The number of aromatic nitrogens is 1. The Morgan fingerprint density at radius 2 is 2.38 bits per heavy atom. The number of nitrogens with zero attached hydrogens (tertiary/aromatic N) is 1. The van der Waals surface area contributed by atoms with Gasteiger partial charge >= 0.3 is 0 Å². The summed E-state index contributed by atoms with van der Waals surface area (Å²) in [5.41, 5.74) is 0.480. The fraction of sp³-hybridized carbons (Fsp3) is 0.300. The summed E-state index contributed by atoms with van der Waals surface area (Å²) in [5.74, 6) is -0.243. The van der Waals surface area contributed by atoms with Crippen LogP contribution in [0.2, 0.25) is 0 Å². The Morgan fingerprint density at radius 3 is 3.00 bits per heavy atom. The second kappa shape index (κ2) is 4.61. The Labute approximate surface area is 101 Å². The lowest BCUT2D eigenvalue weighted by atomic mass is 10.2. The molecule has 0 aliphatic carbocycles. The van der Waals surface area contributed by atoms with Gasteiger partial charge in [-0.3, -0.25) is 14.6 Å². The van der Waals surface area contributed by atoms with E-state index in [-0.39, 0.29) is 17.9 Å². The first-order valence-electron chi connectivity index (χ1n) is 4.83. The Morgan fingerprint density at radius 1 is 1.56 bits per heavy atom. The lowest BCUT2D eigenvalue weighted by Crippen LogP contribution is -2.36. The zero-order valence-corrected chi connectivity index (χ0v) is 9.95. The molecule has 1 aromatic heterocycles. The lowest BCUT2D eigenvalue weighted by molar-refractivity contribution is -0.119. The van der Waals surface area contributed by atoms with Crippen LogP contribution >= 0.6 is 15.9 Å². The van der Waals surface area contributed by atoms with Gasteiger partial charge in [0.1, 0.15) is 0 Å². The highest BCUT2D eigenvalue weighted by molar-refractivity contribution is 9.10. The molecule has 5 nitrogen and oxygen atoms in total. The van der Waals surface area contributed by atoms with Crippen molar-refractivity contribution in [1.29, 1.82) is 0 Å². The first kappa shape index (κ1) is 11.1. The van der Waals surface area contributed by atoms with E-state index in [1.165, 1.54) is 6.20 Å². The third kappa shape index (κ3) is 2.57. The predicted molar refractivity (Wildman–Crippen MR) is 60.8 cm³/mol. The Hall–Kier alpha value is -1.43. The molecule has 1 aliphatic rings. The van der Waals surface area contributed by atoms with Gasteiger partial charge < -0.3 is 10.6 Å². The van der Waals surface area contributed by atoms with Crippen molar-refractivity contribution < 1.29 is 9.59 Å². The van der Waals surface area contributed by atoms with Gasteiger partial charge in [0.25, 0.3) is 5.91 Å². The molecule has 1 unspecified atom stereocenters. The van der Waals surface area contributed by atoms with Crippen molar-refractivity contribution in [1.82, 2.24) is 15.6 Å². The van der Waals surface area contributed by atoms with Crippen molar-refractivity contribution in [3.63, 3.8) is 0 Å². The molecule has 0 spiro atoms. The molecule has 0 saturated carbocycles. The first-order valence-corrected chi connectivity index (χ1v) is 5.62. The molecule has 0 radical (unpaired) electrons. The van der Waals surface area contributed by atoms with Crippen molar-refractivity contribution >= 4 is 27.7 Å². The molecule has 6 heteroatoms. The fourth-order valence-corrected chi connectivity index (χ4v) is 1.88. The standard InChI is InChI=1S/C10H10BrN3O2/c11-7-1-6(3-12-4-7)10(16)14-8-2-9(15)13-5-8/h1,3-4,8H,2,5H2,(H,13,15)(H,14,16). The normalized spacial score (nSPS) is 19.3. The minimum Gasteiger partial charge on any atom is -0.354 e. The Balaban J connectivity index is 2.00. The minimum atomic E-state index is -0.213. The number of pyridine rings is 1. The van der Waals surface area contributed by atoms with Crippen LogP contribution in [0.5, 0.6) is 0 Å². The quantitative estimate of drug-likeness (QED) is 0.829. The van der Waals surface area contributed by atoms with Gasteiger partial charge in [-0.05, 0) is 22.0 Å². The topological polar surface area (TPSA) is 71.1 Å². The fourth-order valence-electron chi connectivity index (χ4n) is 1.51. The summed E-state index contributed by atoms with van der Waals surface area (Å²) in [6.07, 6.45) is 3.44. The number of rotatable bonds is 2. The number of amides is 2. The van der Waals surface area contributed by atoms with Crippen LogP contribution in [0.4, 0.5) is 0 Å². The van der Waals surface area contributed by atoms with Crippen LogP contribution < -0.4 is 10.6 Å². The first-order chi connectivity index (χ1) is 7.65. The Bertz CT molecular complexity index is 436. The molecule has 0 bridgehead atoms. The molecule has 2 N–H and O–H groups in total. The zero-order valence-electron chi connectivity index (χ0n) is 8.37. The van der Waals surface area contributed by atoms with E-state index in [0.717, 1.165) is 4.47 Å². The van der Waals surface area contributed by atoms with Gasteiger partial charge in [0, 0.05) is 29.8 Å². The maximum atomic E-state index is 11.7. The largest absolute Gasteiger partial charge is 0.354 e. The number of carbonyl (C=O) groups is 2. The molecular formula is C10H10BrN3O2. The van der Waals surface area contributed by atoms with Gasteiger partial charge in [0.2, 0.25) is 5.91 Å². The molecule has 1 fully saturated rings. The molecule has 16 heavy (non-hydrogen) atoms. The molecule has 1 atom stereocenters. The highest BCUT2D eigenvalue weighted by Crippen LogP contribution is 2.10. The summed E-state index contributed by atoms with van der Waals surface area (Å²) >= 11 is 3.24. The van der Waals surface area contributed by atoms with E-state index in [0.29, 0.717) is 18.5 Å². The molecule has 2 heterocycles. The van der Waals surface area contributed by atoms with Gasteiger partial charge in [-0.15, -0.1) is 0 Å². The Kier molecular flexibility index (Phi) is 3.19. The summed E-state index contributed by atoms with van der Waals surface area (Å²) in [6, 6.07) is 1.56. The predicted octanol–water partition coefficient (Wildman–Crippen LogP) is 0.462. The van der Waals surface area contributed by atoms with E-state index < -0.39 is 0 Å². The lowest BCUT2D eigenvalue weighted by Gasteiger charge is -2.09. The highest BCUT2D eigenvalue weighted by Gasteiger charge is 2.23. The number of carbonyl (C=O) groups excluding carboxylic acids is 2. The van der Waals surface area contributed by atoms with Crippen LogP contribution in [-0.4, -0.2) is 29.4 Å². The molecular weight excluding hydrogens is 274 g/mol. The van der Waals surface area contributed by atoms with Crippen molar-refractivity contribution in [2.24, 2.45) is 0 Å². The summed E-state index contributed by atoms with van der Waals surface area (Å²) < 4.78 is 0.751. The molecule has 1 aromatic rings. The van der Waals surface area contributed by atoms with E-state index in [1.54, 1.807) is 12.3 Å². The van der Waals surface area contributed by atoms with Crippen LogP contribution in [0.1, 0.15) is 16.8 Å². The molecule has 2 rings (SSSR count). The zero-order chi connectivity index (χ0) is 11.5. The van der Waals surface area contributed by atoms with E-state index >= 15 is 0 Å². The van der Waals surface area contributed by atoms with E-state index in [1.807, 2.05) is 0 Å². The summed E-state index contributed by atoms with van der Waals surface area (Å²) in [5, 5.41) is 5.43. The van der Waals surface area contributed by atoms with E-state index in [9.17, 15) is 9.59 Å². The molecule has 2 amide bonds. The van der Waals surface area contributed by atoms with Crippen molar-refractivity contribution in [2.45, 2.75) is 12.5 Å². The summed E-state index contributed by atoms with van der Waals surface area (Å²) in [6.45, 7) is 0.492. The monoisotopic (exact) mass is 283 g/mol. The van der Waals surface area contributed by atoms with Gasteiger partial charge in [-0.25, -0.2) is 0 Å². The maximum absolute atomic E-state index is 11.7. The van der Waals surface area contributed by atoms with Gasteiger partial charge in [0.05, 0.1) is 11.6 Å². The average molecular weight is 284 g/mol. The summed E-state index contributed by atoms with van der Waals surface area (Å²) in [7, 11) is 0.